The summed E-state index contributed by atoms with van der Waals surface area (Å²) in [6.45, 7) is 10.8. The Balaban J connectivity index is 1.35. The highest BCUT2D eigenvalue weighted by molar-refractivity contribution is 5.86. The summed E-state index contributed by atoms with van der Waals surface area (Å²) < 4.78 is 45.8. The maximum Gasteiger partial charge on any atom is 0.410 e. The average Bonchev–Trinajstić information content (AvgIpc) is 3.41. The van der Waals surface area contributed by atoms with E-state index in [9.17, 15) is 18.8 Å². The quantitative estimate of drug-likeness (QED) is 0.358. The van der Waals surface area contributed by atoms with Crippen LogP contribution in [0.4, 0.5) is 18.4 Å². The molecule has 2 aromatic rings. The van der Waals surface area contributed by atoms with E-state index in [0.717, 1.165) is 18.4 Å². The number of ether oxygens (including phenoxy) is 3. The van der Waals surface area contributed by atoms with Gasteiger partial charge in [0.2, 0.25) is 5.91 Å². The van der Waals surface area contributed by atoms with Crippen LogP contribution in [-0.2, 0) is 20.7 Å². The molecule has 0 radical (unpaired) electrons. The molecule has 2 fully saturated rings. The molecule has 2 aromatic carbocycles. The van der Waals surface area contributed by atoms with Crippen LogP contribution in [0.15, 0.2) is 42.5 Å². The minimum atomic E-state index is -1.12. The van der Waals surface area contributed by atoms with Crippen molar-refractivity contribution in [3.05, 3.63) is 53.8 Å². The van der Waals surface area contributed by atoms with Gasteiger partial charge in [0.1, 0.15) is 29.4 Å². The first kappa shape index (κ1) is 34.0. The Hall–Kier alpha value is -3.89. The van der Waals surface area contributed by atoms with E-state index < -0.39 is 35.6 Å². The van der Waals surface area contributed by atoms with Gasteiger partial charge in [-0.2, -0.15) is 0 Å². The molecule has 2 saturated heterocycles. The Morgan fingerprint density at radius 1 is 0.956 bits per heavy atom. The van der Waals surface area contributed by atoms with Crippen molar-refractivity contribution in [3.8, 4) is 16.9 Å². The molecule has 4 rings (SSSR count). The zero-order chi connectivity index (χ0) is 32.7. The van der Waals surface area contributed by atoms with Crippen molar-refractivity contribution in [2.24, 2.45) is 5.92 Å². The van der Waals surface area contributed by atoms with E-state index in [-0.39, 0.29) is 43.7 Å². The van der Waals surface area contributed by atoms with Gasteiger partial charge in [0.25, 0.3) is 0 Å². The summed E-state index contributed by atoms with van der Waals surface area (Å²) in [5.41, 5.74) is 0.889. The summed E-state index contributed by atoms with van der Waals surface area (Å²) in [4.78, 5) is 40.9. The molecule has 2 heterocycles. The van der Waals surface area contributed by atoms with Crippen LogP contribution >= 0.6 is 0 Å². The van der Waals surface area contributed by atoms with E-state index >= 15 is 4.39 Å². The Labute approximate surface area is 264 Å². The molecule has 0 aromatic heterocycles. The minimum Gasteiger partial charge on any atom is -0.493 e. The zero-order valence-electron chi connectivity index (χ0n) is 26.8. The molecule has 3 amide bonds. The van der Waals surface area contributed by atoms with Crippen molar-refractivity contribution in [3.63, 3.8) is 0 Å². The second kappa shape index (κ2) is 14.9. The van der Waals surface area contributed by atoms with Gasteiger partial charge >= 0.3 is 12.2 Å². The number of halogens is 2. The molecule has 246 valence electrons. The predicted molar refractivity (Wildman–Crippen MR) is 166 cm³/mol. The molecule has 1 N–H and O–H groups in total. The molecule has 0 saturated carbocycles. The number of alkyl carbamates (subject to hydrolysis) is 1. The molecule has 2 aliphatic rings. The van der Waals surface area contributed by atoms with Crippen molar-refractivity contribution in [1.29, 1.82) is 0 Å². The van der Waals surface area contributed by atoms with Crippen LogP contribution in [0.3, 0.4) is 0 Å². The van der Waals surface area contributed by atoms with Gasteiger partial charge in [-0.15, -0.1) is 0 Å². The Morgan fingerprint density at radius 3 is 2.18 bits per heavy atom. The minimum absolute atomic E-state index is 0.0550. The summed E-state index contributed by atoms with van der Waals surface area (Å²) in [5.74, 6) is 0.0348. The first-order valence-electron chi connectivity index (χ1n) is 15.7. The smallest absolute Gasteiger partial charge is 0.410 e. The Bertz CT molecular complexity index is 1320. The maximum absolute atomic E-state index is 15.4. The van der Waals surface area contributed by atoms with E-state index in [1.807, 2.05) is 38.1 Å². The summed E-state index contributed by atoms with van der Waals surface area (Å²) >= 11 is 0. The summed E-state index contributed by atoms with van der Waals surface area (Å²) in [6.07, 6.45) is -0.531. The monoisotopic (exact) mass is 629 g/mol. The number of alkyl halides is 1. The summed E-state index contributed by atoms with van der Waals surface area (Å²) in [6, 6.07) is 11.0. The van der Waals surface area contributed by atoms with Gasteiger partial charge in [0.05, 0.1) is 19.3 Å². The molecule has 0 spiro atoms. The highest BCUT2D eigenvalue weighted by Gasteiger charge is 2.33. The number of benzene rings is 2. The third kappa shape index (κ3) is 10.1. The van der Waals surface area contributed by atoms with E-state index in [1.165, 1.54) is 11.0 Å². The first-order chi connectivity index (χ1) is 21.3. The molecule has 11 heteroatoms. The summed E-state index contributed by atoms with van der Waals surface area (Å²) in [5, 5.41) is 2.56. The van der Waals surface area contributed by atoms with Crippen molar-refractivity contribution in [1.82, 2.24) is 15.1 Å². The van der Waals surface area contributed by atoms with Crippen LogP contribution in [0.1, 0.15) is 59.4 Å². The number of carbonyl (C=O) groups excluding carboxylic acids is 3. The number of hydrogen-bond acceptors (Lipinski definition) is 6. The maximum atomic E-state index is 15.4. The van der Waals surface area contributed by atoms with Crippen LogP contribution in [0.2, 0.25) is 0 Å². The largest absolute Gasteiger partial charge is 0.493 e. The number of hydrogen-bond donors (Lipinski definition) is 1. The van der Waals surface area contributed by atoms with E-state index in [0.29, 0.717) is 36.9 Å². The third-order valence-electron chi connectivity index (χ3n) is 7.79. The molecule has 2 aliphatic heterocycles. The SMILES string of the molecule is CC(C)OC(=O)N1CCC(COc2ccc(-c3ccc(C[C@H](NC(=O)OC(C)(C)C)C(=O)N4CC[C@H](F)C4)c(F)c3)cc2)CC1. The Morgan fingerprint density at radius 2 is 1.60 bits per heavy atom. The van der Waals surface area contributed by atoms with Gasteiger partial charge in [0, 0.05) is 26.1 Å². The van der Waals surface area contributed by atoms with Crippen molar-refractivity contribution in [2.75, 3.05) is 32.8 Å². The molecule has 45 heavy (non-hydrogen) atoms. The van der Waals surface area contributed by atoms with Crippen LogP contribution in [0.5, 0.6) is 5.75 Å². The van der Waals surface area contributed by atoms with Gasteiger partial charge in [0.15, 0.2) is 0 Å². The summed E-state index contributed by atoms with van der Waals surface area (Å²) in [7, 11) is 0. The fraction of sp³-hybridized carbons (Fsp3) is 0.559. The Kier molecular flexibility index (Phi) is 11.3. The normalized spacial score (nSPS) is 18.1. The number of nitrogens with zero attached hydrogens (tertiary/aromatic N) is 2. The zero-order valence-corrected chi connectivity index (χ0v) is 26.8. The number of amides is 3. The van der Waals surface area contributed by atoms with Gasteiger partial charge in [-0.1, -0.05) is 24.3 Å². The molecule has 0 unspecified atom stereocenters. The first-order valence-corrected chi connectivity index (χ1v) is 15.7. The van der Waals surface area contributed by atoms with Crippen LogP contribution in [0.25, 0.3) is 11.1 Å². The lowest BCUT2D eigenvalue weighted by Gasteiger charge is -2.31. The molecular weight excluding hydrogens is 584 g/mol. The van der Waals surface area contributed by atoms with Gasteiger partial charge in [-0.25, -0.2) is 18.4 Å². The number of likely N-dealkylation sites (tertiary alicyclic amines) is 2. The van der Waals surface area contributed by atoms with Crippen LogP contribution < -0.4 is 10.1 Å². The number of carbonyl (C=O) groups is 3. The molecule has 2 atom stereocenters. The standard InChI is InChI=1S/C34H45F2N3O6/c1-22(2)44-33(42)38-15-12-23(13-16-38)21-43-28-10-8-24(9-11-28)25-6-7-26(29(36)18-25)19-30(37-32(41)45-34(3,4)5)31(40)39-17-14-27(35)20-39/h6-11,18,22-23,27,30H,12-17,19-21H2,1-5H3,(H,37,41)/t27-,30-/m0/s1. The van der Waals surface area contributed by atoms with E-state index in [1.54, 1.807) is 37.8 Å². The van der Waals surface area contributed by atoms with E-state index in [2.05, 4.69) is 5.32 Å². The van der Waals surface area contributed by atoms with Gasteiger partial charge in [-0.05, 0) is 94.7 Å². The predicted octanol–water partition coefficient (Wildman–Crippen LogP) is 6.13. The lowest BCUT2D eigenvalue weighted by molar-refractivity contribution is -0.132. The van der Waals surface area contributed by atoms with E-state index in [4.69, 9.17) is 14.2 Å². The van der Waals surface area contributed by atoms with Crippen LogP contribution in [0, 0.1) is 11.7 Å². The van der Waals surface area contributed by atoms with Crippen LogP contribution in [-0.4, -0.2) is 84.6 Å². The van der Waals surface area contributed by atoms with Gasteiger partial charge < -0.3 is 29.3 Å². The lowest BCUT2D eigenvalue weighted by atomic mass is 9.98. The van der Waals surface area contributed by atoms with Crippen molar-refractivity contribution < 1.29 is 37.4 Å². The lowest BCUT2D eigenvalue weighted by Crippen LogP contribution is -2.50. The van der Waals surface area contributed by atoms with Crippen molar-refractivity contribution in [2.45, 2.75) is 84.2 Å². The molecule has 0 aliphatic carbocycles. The second-order valence-corrected chi connectivity index (χ2v) is 13.1. The third-order valence-corrected chi connectivity index (χ3v) is 7.79. The number of piperidine rings is 1. The average molecular weight is 630 g/mol. The van der Waals surface area contributed by atoms with Gasteiger partial charge in [-0.3, -0.25) is 4.79 Å². The number of nitrogens with one attached hydrogen (secondary N) is 1. The topological polar surface area (TPSA) is 97.4 Å². The highest BCUT2D eigenvalue weighted by atomic mass is 19.1. The fourth-order valence-electron chi connectivity index (χ4n) is 5.42. The molecular formula is C34H45F2N3O6. The molecule has 9 nitrogen and oxygen atoms in total. The highest BCUT2D eigenvalue weighted by Crippen LogP contribution is 2.27. The number of rotatable bonds is 9. The molecule has 0 bridgehead atoms. The second-order valence-electron chi connectivity index (χ2n) is 13.1. The fourth-order valence-corrected chi connectivity index (χ4v) is 5.42. The van der Waals surface area contributed by atoms with Crippen molar-refractivity contribution >= 4 is 18.1 Å².